The normalized spacial score (nSPS) is 25.0. The van der Waals surface area contributed by atoms with Gasteiger partial charge in [-0.15, -0.1) is 0 Å². The summed E-state index contributed by atoms with van der Waals surface area (Å²) in [7, 11) is 0. The van der Waals surface area contributed by atoms with Gasteiger partial charge in [-0.1, -0.05) is 187 Å². The van der Waals surface area contributed by atoms with Gasteiger partial charge in [0.05, 0.1) is 16.8 Å². The zero-order valence-corrected chi connectivity index (χ0v) is 45.7. The van der Waals surface area contributed by atoms with E-state index >= 15 is 0 Å². The second-order valence-electron chi connectivity index (χ2n) is 27.3. The smallest absolute Gasteiger partial charge is 0.252 e. The number of fused-ring (bicyclic) bond motifs is 11. The molecule has 0 bridgehead atoms. The zero-order valence-electron chi connectivity index (χ0n) is 45.7. The molecule has 7 aromatic rings. The van der Waals surface area contributed by atoms with Crippen LogP contribution in [0, 0.1) is 0 Å². The minimum absolute atomic E-state index is 0.000527. The highest BCUT2D eigenvalue weighted by molar-refractivity contribution is 7.00. The van der Waals surface area contributed by atoms with Crippen LogP contribution >= 0.6 is 0 Å². The molecule has 0 radical (unpaired) electrons. The molecule has 7 aromatic carbocycles. The lowest BCUT2D eigenvalue weighted by atomic mass is 9.33. The number of anilines is 7. The van der Waals surface area contributed by atoms with E-state index in [1.54, 1.807) is 5.56 Å². The summed E-state index contributed by atoms with van der Waals surface area (Å²) in [6.07, 6.45) is 9.78. The third-order valence-corrected chi connectivity index (χ3v) is 20.2. The van der Waals surface area contributed by atoms with Gasteiger partial charge in [0.15, 0.2) is 0 Å². The van der Waals surface area contributed by atoms with Gasteiger partial charge in [0.2, 0.25) is 0 Å². The summed E-state index contributed by atoms with van der Waals surface area (Å²) >= 11 is 0. The maximum absolute atomic E-state index is 2.95. The summed E-state index contributed by atoms with van der Waals surface area (Å²) in [5.74, 6) is 0. The summed E-state index contributed by atoms with van der Waals surface area (Å²) in [5.41, 5.74) is 23.4. The van der Waals surface area contributed by atoms with Crippen molar-refractivity contribution in [2.75, 3.05) is 14.7 Å². The number of rotatable bonds is 3. The topological polar surface area (TPSA) is 9.72 Å². The van der Waals surface area contributed by atoms with Crippen LogP contribution in [0.15, 0.2) is 127 Å². The second-order valence-corrected chi connectivity index (χ2v) is 27.3. The van der Waals surface area contributed by atoms with Crippen molar-refractivity contribution < 1.29 is 0 Å². The first-order valence-electron chi connectivity index (χ1n) is 27.7. The molecule has 4 heterocycles. The summed E-state index contributed by atoms with van der Waals surface area (Å²) in [4.78, 5) is 8.57. The van der Waals surface area contributed by atoms with E-state index in [0.29, 0.717) is 0 Å². The molecule has 2 saturated carbocycles. The molecule has 366 valence electrons. The molecule has 0 spiro atoms. The molecule has 4 unspecified atom stereocenters. The van der Waals surface area contributed by atoms with Crippen LogP contribution in [-0.2, 0) is 27.1 Å². The molecule has 6 aliphatic rings. The van der Waals surface area contributed by atoms with E-state index in [1.165, 1.54) is 145 Å². The van der Waals surface area contributed by atoms with Gasteiger partial charge in [0.1, 0.15) is 0 Å². The molecule has 4 aliphatic heterocycles. The number of hydrogen-bond acceptors (Lipinski definition) is 3. The molecule has 0 N–H and O–H groups in total. The standard InChI is InChI=1S/C68H76BN3/c1-62(2,3)46-27-30-55(50(38-46)45-26-25-43-21-14-15-22-44(43)37-45)70-57-32-29-48(64(7,8)9)40-54(57)69-53-24-20-23-51-61(53)72(68(13)36-19-16-33-65(51,68)10)59-42-49(41-58(70)60(59)69)71-56-31-28-47(63(4,5)6)39-52(56)66(11)34-17-18-35-67(66,71)12/h14-15,20-32,37-42H,16-19,33-36H2,1-13H3. The van der Waals surface area contributed by atoms with Gasteiger partial charge in [-0.25, -0.2) is 0 Å². The SMILES string of the molecule is CC(C)(C)c1ccc2c(c1)B1c3cccc4c3N(c3cc(N5c6ccc(C(C)(C)C)cc6C6(C)CCCCC56C)cc(c31)N2c1ccc(C(C)(C)C)cc1-c1ccc2ccccc2c1)C1(C)CCCCC41C. The van der Waals surface area contributed by atoms with E-state index in [2.05, 4.69) is 232 Å². The predicted octanol–water partition coefficient (Wildman–Crippen LogP) is 16.5. The molecule has 4 heteroatoms. The number of hydrogen-bond donors (Lipinski definition) is 0. The highest BCUT2D eigenvalue weighted by Gasteiger charge is 2.62. The Morgan fingerprint density at radius 1 is 0.431 bits per heavy atom. The molecule has 3 nitrogen and oxygen atoms in total. The maximum atomic E-state index is 2.95. The Morgan fingerprint density at radius 3 is 1.68 bits per heavy atom. The first-order chi connectivity index (χ1) is 34.1. The molecule has 0 amide bonds. The number of benzene rings is 7. The lowest BCUT2D eigenvalue weighted by Gasteiger charge is -2.54. The van der Waals surface area contributed by atoms with Crippen molar-refractivity contribution in [3.8, 4) is 11.1 Å². The first-order valence-corrected chi connectivity index (χ1v) is 27.7. The fourth-order valence-electron chi connectivity index (χ4n) is 15.5. The summed E-state index contributed by atoms with van der Waals surface area (Å²) in [6.45, 7) is 32.0. The lowest BCUT2D eigenvalue weighted by molar-refractivity contribution is 0.194. The Bertz CT molecular complexity index is 3430. The van der Waals surface area contributed by atoms with Crippen molar-refractivity contribution in [1.82, 2.24) is 0 Å². The predicted molar refractivity (Wildman–Crippen MR) is 310 cm³/mol. The van der Waals surface area contributed by atoms with Crippen LogP contribution in [-0.4, -0.2) is 17.8 Å². The van der Waals surface area contributed by atoms with Crippen LogP contribution in [0.5, 0.6) is 0 Å². The van der Waals surface area contributed by atoms with E-state index in [9.17, 15) is 0 Å². The van der Waals surface area contributed by atoms with Gasteiger partial charge in [-0.05, 0) is 159 Å². The van der Waals surface area contributed by atoms with Crippen molar-refractivity contribution in [1.29, 1.82) is 0 Å². The minimum Gasteiger partial charge on any atom is -0.335 e. The van der Waals surface area contributed by atoms with Crippen LogP contribution in [0.2, 0.25) is 0 Å². The van der Waals surface area contributed by atoms with E-state index in [0.717, 1.165) is 6.42 Å². The molecule has 0 saturated heterocycles. The molecular formula is C68H76BN3. The van der Waals surface area contributed by atoms with Crippen molar-refractivity contribution >= 4 is 73.7 Å². The third kappa shape index (κ3) is 6.10. The second kappa shape index (κ2) is 15.0. The molecule has 13 rings (SSSR count). The van der Waals surface area contributed by atoms with E-state index in [4.69, 9.17) is 0 Å². The van der Waals surface area contributed by atoms with Gasteiger partial charge in [-0.2, -0.15) is 0 Å². The fourth-order valence-corrected chi connectivity index (χ4v) is 15.5. The monoisotopic (exact) mass is 946 g/mol. The Balaban J connectivity index is 1.17. The van der Waals surface area contributed by atoms with Crippen LogP contribution in [0.25, 0.3) is 21.9 Å². The van der Waals surface area contributed by atoms with Crippen LogP contribution < -0.4 is 31.1 Å². The van der Waals surface area contributed by atoms with Gasteiger partial charge >= 0.3 is 0 Å². The van der Waals surface area contributed by atoms with Crippen LogP contribution in [0.3, 0.4) is 0 Å². The highest BCUT2D eigenvalue weighted by atomic mass is 15.3. The quantitative estimate of drug-likeness (QED) is 0.163. The van der Waals surface area contributed by atoms with Gasteiger partial charge in [-0.3, -0.25) is 0 Å². The van der Waals surface area contributed by atoms with Gasteiger partial charge < -0.3 is 14.7 Å². The molecule has 4 atom stereocenters. The highest BCUT2D eigenvalue weighted by Crippen LogP contribution is 2.65. The molecule has 2 aliphatic carbocycles. The zero-order chi connectivity index (χ0) is 50.3. The molecule has 0 aromatic heterocycles. The van der Waals surface area contributed by atoms with E-state index < -0.39 is 0 Å². The van der Waals surface area contributed by atoms with E-state index in [1.807, 2.05) is 0 Å². The molecule has 72 heavy (non-hydrogen) atoms. The van der Waals surface area contributed by atoms with Crippen molar-refractivity contribution in [2.24, 2.45) is 0 Å². The largest absolute Gasteiger partial charge is 0.335 e. The minimum atomic E-state index is -0.111. The third-order valence-electron chi connectivity index (χ3n) is 20.2. The Labute approximate surface area is 432 Å². The fraction of sp³-hybridized carbons (Fsp3) is 0.412. The number of para-hydroxylation sites is 1. The number of nitrogens with zero attached hydrogens (tertiary/aromatic N) is 3. The Hall–Kier alpha value is -5.74. The van der Waals surface area contributed by atoms with Gasteiger partial charge in [0.25, 0.3) is 6.71 Å². The molecule has 2 fully saturated rings. The lowest BCUT2D eigenvalue weighted by Crippen LogP contribution is -2.64. The van der Waals surface area contributed by atoms with Gasteiger partial charge in [0, 0.05) is 50.5 Å². The average Bonchev–Trinajstić information content (AvgIpc) is 3.69. The van der Waals surface area contributed by atoms with Crippen molar-refractivity contribution in [3.05, 3.63) is 155 Å². The maximum Gasteiger partial charge on any atom is 0.252 e. The van der Waals surface area contributed by atoms with Crippen molar-refractivity contribution in [2.45, 2.75) is 180 Å². The van der Waals surface area contributed by atoms with Crippen LogP contribution in [0.1, 0.15) is 169 Å². The average molecular weight is 946 g/mol. The van der Waals surface area contributed by atoms with E-state index in [-0.39, 0.29) is 44.9 Å². The first kappa shape index (κ1) is 46.1. The Kier molecular flexibility index (Phi) is 9.57. The Morgan fingerprint density at radius 2 is 1.00 bits per heavy atom. The molecular weight excluding hydrogens is 870 g/mol. The summed E-state index contributed by atoms with van der Waals surface area (Å²) < 4.78 is 0. The summed E-state index contributed by atoms with van der Waals surface area (Å²) in [5, 5.41) is 2.54. The summed E-state index contributed by atoms with van der Waals surface area (Å²) in [6, 6.07) is 51.4. The van der Waals surface area contributed by atoms with Crippen molar-refractivity contribution in [3.63, 3.8) is 0 Å². The van der Waals surface area contributed by atoms with Crippen LogP contribution in [0.4, 0.5) is 39.8 Å².